The van der Waals surface area contributed by atoms with Gasteiger partial charge in [-0.2, -0.15) is 0 Å². The van der Waals surface area contributed by atoms with E-state index in [9.17, 15) is 28.1 Å². The van der Waals surface area contributed by atoms with Crippen LogP contribution in [0, 0.1) is 17.0 Å². The zero-order valence-corrected chi connectivity index (χ0v) is 9.39. The van der Waals surface area contributed by atoms with Gasteiger partial charge in [-0.3, -0.25) is 14.9 Å². The number of alkyl halides is 3. The second-order valence-corrected chi connectivity index (χ2v) is 3.44. The van der Waals surface area contributed by atoms with Crippen molar-refractivity contribution in [2.75, 3.05) is 0 Å². The Kier molecular flexibility index (Phi) is 3.92. The summed E-state index contributed by atoms with van der Waals surface area (Å²) in [6, 6.07) is 0.798. The van der Waals surface area contributed by atoms with Gasteiger partial charge in [0.05, 0.1) is 22.6 Å². The van der Waals surface area contributed by atoms with Crippen LogP contribution in [0.4, 0.5) is 18.9 Å². The van der Waals surface area contributed by atoms with Crippen molar-refractivity contribution >= 4 is 11.7 Å². The molecule has 19 heavy (non-hydrogen) atoms. The number of pyridine rings is 1. The fourth-order valence-electron chi connectivity index (χ4n) is 1.27. The Morgan fingerprint density at radius 1 is 1.58 bits per heavy atom. The smallest absolute Gasteiger partial charge is 0.481 e. The first-order valence-electron chi connectivity index (χ1n) is 4.72. The van der Waals surface area contributed by atoms with Crippen LogP contribution in [0.5, 0.6) is 5.88 Å². The summed E-state index contributed by atoms with van der Waals surface area (Å²) in [5.74, 6) is -2.42. The van der Waals surface area contributed by atoms with E-state index in [1.165, 1.54) is 0 Å². The molecule has 104 valence electrons. The lowest BCUT2D eigenvalue weighted by molar-refractivity contribution is -0.385. The van der Waals surface area contributed by atoms with E-state index in [1.807, 2.05) is 0 Å². The Morgan fingerprint density at radius 3 is 2.58 bits per heavy atom. The zero-order valence-electron chi connectivity index (χ0n) is 9.39. The molecule has 1 aromatic heterocycles. The number of carbonyl (C=O) groups is 1. The molecule has 0 aliphatic rings. The maximum atomic E-state index is 12.1. The SMILES string of the molecule is Cc1c([N+](=O)[O-])cc(CC(=O)O)nc1OC(F)(F)F. The molecule has 0 radical (unpaired) electrons. The number of aromatic nitrogens is 1. The van der Waals surface area contributed by atoms with Crippen LogP contribution in [0.25, 0.3) is 0 Å². The molecule has 7 nitrogen and oxygen atoms in total. The van der Waals surface area contributed by atoms with Gasteiger partial charge in [0.1, 0.15) is 0 Å². The Bertz CT molecular complexity index is 529. The molecule has 0 aromatic carbocycles. The largest absolute Gasteiger partial charge is 0.574 e. The average Bonchev–Trinajstić information content (AvgIpc) is 2.19. The maximum absolute atomic E-state index is 12.1. The molecule has 0 atom stereocenters. The Balaban J connectivity index is 3.31. The number of halogens is 3. The lowest BCUT2D eigenvalue weighted by Gasteiger charge is -2.11. The number of carboxylic acids is 1. The third kappa shape index (κ3) is 4.08. The van der Waals surface area contributed by atoms with Gasteiger partial charge in [-0.15, -0.1) is 13.2 Å². The van der Waals surface area contributed by atoms with E-state index in [0.717, 1.165) is 13.0 Å². The van der Waals surface area contributed by atoms with E-state index in [4.69, 9.17) is 5.11 Å². The highest BCUT2D eigenvalue weighted by Crippen LogP contribution is 2.30. The van der Waals surface area contributed by atoms with Crippen molar-refractivity contribution < 1.29 is 32.7 Å². The number of carboxylic acid groups (broad SMARTS) is 1. The molecule has 0 saturated heterocycles. The first-order chi connectivity index (χ1) is 8.60. The van der Waals surface area contributed by atoms with E-state index in [0.29, 0.717) is 0 Å². The van der Waals surface area contributed by atoms with Gasteiger partial charge >= 0.3 is 12.3 Å². The predicted molar refractivity (Wildman–Crippen MR) is 53.7 cm³/mol. The van der Waals surface area contributed by atoms with Crippen LogP contribution in [0.2, 0.25) is 0 Å². The maximum Gasteiger partial charge on any atom is 0.574 e. The summed E-state index contributed by atoms with van der Waals surface area (Å²) in [5, 5.41) is 19.2. The Hall–Kier alpha value is -2.39. The summed E-state index contributed by atoms with van der Waals surface area (Å²) >= 11 is 0. The monoisotopic (exact) mass is 280 g/mol. The van der Waals surface area contributed by atoms with Crippen molar-refractivity contribution in [2.24, 2.45) is 0 Å². The van der Waals surface area contributed by atoms with Crippen LogP contribution in [0.3, 0.4) is 0 Å². The van der Waals surface area contributed by atoms with Gasteiger partial charge in [0.2, 0.25) is 5.88 Å². The van der Waals surface area contributed by atoms with Crippen LogP contribution >= 0.6 is 0 Å². The number of nitrogens with zero attached hydrogens (tertiary/aromatic N) is 2. The van der Waals surface area contributed by atoms with Gasteiger partial charge < -0.3 is 9.84 Å². The highest BCUT2D eigenvalue weighted by atomic mass is 19.4. The molecular formula is C9H7F3N2O5. The standard InChI is InChI=1S/C9H7F3N2O5/c1-4-6(14(17)18)2-5(3-7(15)16)13-8(4)19-9(10,11)12/h2H,3H2,1H3,(H,15,16). The Morgan fingerprint density at radius 2 is 2.16 bits per heavy atom. The number of hydrogen-bond donors (Lipinski definition) is 1. The summed E-state index contributed by atoms with van der Waals surface area (Å²) in [7, 11) is 0. The number of hydrogen-bond acceptors (Lipinski definition) is 5. The molecule has 1 N–H and O–H groups in total. The summed E-state index contributed by atoms with van der Waals surface area (Å²) in [6.07, 6.45) is -5.83. The minimum absolute atomic E-state index is 0.399. The van der Waals surface area contributed by atoms with Crippen molar-refractivity contribution in [3.63, 3.8) is 0 Å². The van der Waals surface area contributed by atoms with Crippen LogP contribution in [0.15, 0.2) is 6.07 Å². The molecule has 10 heteroatoms. The van der Waals surface area contributed by atoms with Crippen LogP contribution in [0.1, 0.15) is 11.3 Å². The minimum atomic E-state index is -5.08. The summed E-state index contributed by atoms with van der Waals surface area (Å²) in [6.45, 7) is 1.02. The van der Waals surface area contributed by atoms with Crippen molar-refractivity contribution in [1.29, 1.82) is 0 Å². The second kappa shape index (κ2) is 5.08. The summed E-state index contributed by atoms with van der Waals surface area (Å²) in [5.41, 5.74) is -1.52. The molecule has 0 bridgehead atoms. The molecule has 0 aliphatic carbocycles. The molecule has 0 amide bonds. The van der Waals surface area contributed by atoms with E-state index in [1.54, 1.807) is 0 Å². The van der Waals surface area contributed by atoms with Gasteiger partial charge in [-0.05, 0) is 6.92 Å². The number of aliphatic carboxylic acids is 1. The van der Waals surface area contributed by atoms with E-state index >= 15 is 0 Å². The molecule has 0 saturated carbocycles. The first kappa shape index (κ1) is 14.7. The third-order valence-electron chi connectivity index (χ3n) is 1.99. The van der Waals surface area contributed by atoms with Crippen LogP contribution in [-0.4, -0.2) is 27.3 Å². The highest BCUT2D eigenvalue weighted by Gasteiger charge is 2.34. The molecule has 0 aliphatic heterocycles. The highest BCUT2D eigenvalue weighted by molar-refractivity contribution is 5.70. The number of rotatable bonds is 4. The lowest BCUT2D eigenvalue weighted by atomic mass is 10.2. The van der Waals surface area contributed by atoms with Crippen LogP contribution < -0.4 is 4.74 Å². The van der Waals surface area contributed by atoms with E-state index < -0.39 is 46.5 Å². The lowest BCUT2D eigenvalue weighted by Crippen LogP contribution is -2.19. The van der Waals surface area contributed by atoms with Crippen molar-refractivity contribution in [3.05, 3.63) is 27.4 Å². The molecule has 1 rings (SSSR count). The molecule has 1 heterocycles. The van der Waals surface area contributed by atoms with Crippen LogP contribution in [-0.2, 0) is 11.2 Å². The normalized spacial score (nSPS) is 11.2. The third-order valence-corrected chi connectivity index (χ3v) is 1.99. The van der Waals surface area contributed by atoms with E-state index in [2.05, 4.69) is 9.72 Å². The average molecular weight is 280 g/mol. The van der Waals surface area contributed by atoms with Gasteiger partial charge in [0, 0.05) is 6.07 Å². The van der Waals surface area contributed by atoms with E-state index in [-0.39, 0.29) is 0 Å². The molecule has 0 unspecified atom stereocenters. The summed E-state index contributed by atoms with van der Waals surface area (Å²) in [4.78, 5) is 23.5. The molecule has 0 spiro atoms. The molecule has 0 fully saturated rings. The fourth-order valence-corrected chi connectivity index (χ4v) is 1.27. The van der Waals surface area contributed by atoms with Crippen molar-refractivity contribution in [2.45, 2.75) is 19.7 Å². The quantitative estimate of drug-likeness (QED) is 0.666. The van der Waals surface area contributed by atoms with Gasteiger partial charge in [-0.1, -0.05) is 0 Å². The van der Waals surface area contributed by atoms with Gasteiger partial charge in [0.25, 0.3) is 5.69 Å². The van der Waals surface area contributed by atoms with Crippen molar-refractivity contribution in [1.82, 2.24) is 4.98 Å². The number of nitro groups is 1. The van der Waals surface area contributed by atoms with Gasteiger partial charge in [-0.25, -0.2) is 4.98 Å². The van der Waals surface area contributed by atoms with Crippen molar-refractivity contribution in [3.8, 4) is 5.88 Å². The predicted octanol–water partition coefficient (Wildman–Crippen LogP) is 1.82. The molecular weight excluding hydrogens is 273 g/mol. The topological polar surface area (TPSA) is 103 Å². The van der Waals surface area contributed by atoms with Gasteiger partial charge in [0.15, 0.2) is 0 Å². The minimum Gasteiger partial charge on any atom is -0.481 e. The second-order valence-electron chi connectivity index (χ2n) is 3.44. The zero-order chi connectivity index (χ0) is 14.8. The summed E-state index contributed by atoms with van der Waals surface area (Å²) < 4.78 is 39.8. The number of ether oxygens (including phenoxy) is 1. The fraction of sp³-hybridized carbons (Fsp3) is 0.333. The first-order valence-corrected chi connectivity index (χ1v) is 4.72. The molecule has 1 aromatic rings. The Labute approximate surface area is 103 Å².